The number of halogens is 3. The highest BCUT2D eigenvalue weighted by Crippen LogP contribution is 2.38. The van der Waals surface area contributed by atoms with Crippen LogP contribution in [0.1, 0.15) is 38.2 Å². The lowest BCUT2D eigenvalue weighted by Crippen LogP contribution is -2.42. The smallest absolute Gasteiger partial charge is 0.414 e. The van der Waals surface area contributed by atoms with Crippen molar-refractivity contribution in [3.63, 3.8) is 0 Å². The lowest BCUT2D eigenvalue weighted by Gasteiger charge is -2.40. The van der Waals surface area contributed by atoms with Crippen LogP contribution >= 0.6 is 11.8 Å². The quantitative estimate of drug-likeness (QED) is 0.373. The van der Waals surface area contributed by atoms with Crippen LogP contribution in [0.15, 0.2) is 29.2 Å². The van der Waals surface area contributed by atoms with Gasteiger partial charge in [0.2, 0.25) is 0 Å². The Morgan fingerprint density at radius 2 is 1.96 bits per heavy atom. The first-order valence-electron chi connectivity index (χ1n) is 8.67. The molecule has 1 aromatic rings. The number of alkyl halides is 3. The molecule has 0 aliphatic heterocycles. The molecule has 0 atom stereocenters. The van der Waals surface area contributed by atoms with Crippen LogP contribution in [0.4, 0.5) is 13.2 Å². The molecule has 1 aromatic carbocycles. The van der Waals surface area contributed by atoms with Gasteiger partial charge in [0, 0.05) is 16.8 Å². The van der Waals surface area contributed by atoms with Crippen molar-refractivity contribution in [2.24, 2.45) is 5.92 Å². The van der Waals surface area contributed by atoms with Crippen LogP contribution in [0.5, 0.6) is 0 Å². The van der Waals surface area contributed by atoms with E-state index >= 15 is 0 Å². The molecule has 0 unspecified atom stereocenters. The van der Waals surface area contributed by atoms with E-state index in [-0.39, 0.29) is 0 Å². The monoisotopic (exact) mass is 376 g/mol. The molecule has 1 aliphatic carbocycles. The van der Waals surface area contributed by atoms with Crippen LogP contribution in [0.3, 0.4) is 0 Å². The van der Waals surface area contributed by atoms with E-state index in [1.165, 1.54) is 42.8 Å². The summed E-state index contributed by atoms with van der Waals surface area (Å²) < 4.78 is 44.5. The third-order valence-corrected chi connectivity index (χ3v) is 8.21. The molecule has 0 heterocycles. The van der Waals surface area contributed by atoms with E-state index in [0.717, 1.165) is 24.7 Å². The minimum absolute atomic E-state index is 0.371. The summed E-state index contributed by atoms with van der Waals surface area (Å²) in [6, 6.07) is 6.83. The molecule has 136 valence electrons. The maximum atomic E-state index is 12.7. The summed E-state index contributed by atoms with van der Waals surface area (Å²) in [6.45, 7) is 6.77. The van der Waals surface area contributed by atoms with Crippen molar-refractivity contribution in [1.82, 2.24) is 0 Å². The Balaban J connectivity index is 1.73. The van der Waals surface area contributed by atoms with Crippen molar-refractivity contribution in [2.45, 2.75) is 68.9 Å². The number of thioether (sulfide) groups is 1. The van der Waals surface area contributed by atoms with Gasteiger partial charge < -0.3 is 4.43 Å². The fourth-order valence-electron chi connectivity index (χ4n) is 3.00. The summed E-state index contributed by atoms with van der Waals surface area (Å²) in [7, 11) is -1.53. The molecule has 1 nitrogen and oxygen atoms in total. The molecule has 2 rings (SSSR count). The molecule has 1 aliphatic rings. The second kappa shape index (κ2) is 8.28. The first kappa shape index (κ1) is 19.9. The highest BCUT2D eigenvalue weighted by atomic mass is 32.2. The molecular formula is C18H27F3OSSi. The van der Waals surface area contributed by atoms with Gasteiger partial charge in [0.1, 0.15) is 0 Å². The number of rotatable bonds is 8. The van der Waals surface area contributed by atoms with Gasteiger partial charge >= 0.3 is 6.18 Å². The Labute approximate surface area is 148 Å². The van der Waals surface area contributed by atoms with Crippen molar-refractivity contribution >= 4 is 20.1 Å². The Morgan fingerprint density at radius 1 is 1.25 bits per heavy atom. The van der Waals surface area contributed by atoms with Gasteiger partial charge in [-0.05, 0) is 56.1 Å². The van der Waals surface area contributed by atoms with Crippen molar-refractivity contribution in [3.8, 4) is 0 Å². The molecule has 0 spiro atoms. The van der Waals surface area contributed by atoms with Gasteiger partial charge in [0.05, 0.1) is 5.56 Å². The first-order chi connectivity index (χ1) is 11.2. The van der Waals surface area contributed by atoms with Crippen molar-refractivity contribution in [2.75, 3.05) is 5.75 Å². The molecule has 0 aromatic heterocycles. The maximum absolute atomic E-state index is 12.7. The summed E-state index contributed by atoms with van der Waals surface area (Å²) in [6.07, 6.45) is 0.654. The zero-order chi connectivity index (χ0) is 17.8. The van der Waals surface area contributed by atoms with Gasteiger partial charge in [-0.15, -0.1) is 11.8 Å². The number of hydrogen-bond acceptors (Lipinski definition) is 2. The minimum Gasteiger partial charge on any atom is -0.414 e. The third kappa shape index (κ3) is 6.12. The largest absolute Gasteiger partial charge is 0.416 e. The zero-order valence-corrected chi connectivity index (χ0v) is 16.5. The predicted molar refractivity (Wildman–Crippen MR) is 97.0 cm³/mol. The van der Waals surface area contributed by atoms with Crippen LogP contribution < -0.4 is 0 Å². The van der Waals surface area contributed by atoms with Crippen molar-refractivity contribution in [3.05, 3.63) is 29.8 Å². The van der Waals surface area contributed by atoms with Crippen LogP contribution in [-0.2, 0) is 10.6 Å². The topological polar surface area (TPSA) is 9.23 Å². The number of unbranched alkanes of at least 4 members (excludes halogenated alkanes) is 1. The Bertz CT molecular complexity index is 527. The van der Waals surface area contributed by atoms with Crippen LogP contribution in [0.25, 0.3) is 0 Å². The molecule has 1 saturated carbocycles. The average molecular weight is 377 g/mol. The average Bonchev–Trinajstić information content (AvgIpc) is 2.47. The van der Waals surface area contributed by atoms with E-state index in [1.54, 1.807) is 6.07 Å². The summed E-state index contributed by atoms with van der Waals surface area (Å²) in [4.78, 5) is 0.701. The standard InChI is InChI=1S/C18H27F3OSSi/c1-4-5-9-24(2,3)22-16-10-14(11-16)13-23-17-8-6-7-15(12-17)18(19,20)21/h6-8,12,14,16H,4-5,9-11,13H2,1-3H3. The lowest BCUT2D eigenvalue weighted by molar-refractivity contribution is -0.137. The van der Waals surface area contributed by atoms with Crippen molar-refractivity contribution in [1.29, 1.82) is 0 Å². The number of benzene rings is 1. The minimum atomic E-state index is -4.26. The number of hydrogen-bond donors (Lipinski definition) is 0. The van der Waals surface area contributed by atoms with Crippen LogP contribution in [-0.4, -0.2) is 20.2 Å². The summed E-state index contributed by atoms with van der Waals surface area (Å²) in [5.41, 5.74) is -0.564. The van der Waals surface area contributed by atoms with Crippen LogP contribution in [0.2, 0.25) is 19.1 Å². The van der Waals surface area contributed by atoms with E-state index < -0.39 is 20.1 Å². The van der Waals surface area contributed by atoms with Crippen molar-refractivity contribution < 1.29 is 17.6 Å². The Kier molecular flexibility index (Phi) is 6.85. The SMILES string of the molecule is CCCC[Si](C)(C)OC1CC(CSc2cccc(C(F)(F)F)c2)C1. The first-order valence-corrected chi connectivity index (χ1v) is 12.8. The normalized spacial score (nSPS) is 21.6. The summed E-state index contributed by atoms with van der Waals surface area (Å²) in [5, 5.41) is 0. The van der Waals surface area contributed by atoms with E-state index in [4.69, 9.17) is 4.43 Å². The van der Waals surface area contributed by atoms with Crippen LogP contribution in [0, 0.1) is 5.92 Å². The Hall–Kier alpha value is -0.463. The lowest BCUT2D eigenvalue weighted by atomic mass is 9.84. The van der Waals surface area contributed by atoms with Gasteiger partial charge in [-0.3, -0.25) is 0 Å². The molecule has 1 fully saturated rings. The molecule has 0 amide bonds. The predicted octanol–water partition coefficient (Wildman–Crippen LogP) is 6.60. The van der Waals surface area contributed by atoms with E-state index in [2.05, 4.69) is 20.0 Å². The van der Waals surface area contributed by atoms with Gasteiger partial charge in [-0.2, -0.15) is 13.2 Å². The van der Waals surface area contributed by atoms with Gasteiger partial charge in [0.15, 0.2) is 8.32 Å². The fraction of sp³-hybridized carbons (Fsp3) is 0.667. The molecule has 0 radical (unpaired) electrons. The van der Waals surface area contributed by atoms with E-state index in [9.17, 15) is 13.2 Å². The van der Waals surface area contributed by atoms with E-state index in [1.807, 2.05) is 0 Å². The third-order valence-electron chi connectivity index (χ3n) is 4.46. The van der Waals surface area contributed by atoms with Gasteiger partial charge in [0.25, 0.3) is 0 Å². The summed E-state index contributed by atoms with van der Waals surface area (Å²) in [5.74, 6) is 1.43. The molecular weight excluding hydrogens is 349 g/mol. The zero-order valence-electron chi connectivity index (χ0n) is 14.7. The second-order valence-corrected chi connectivity index (χ2v) is 12.6. The Morgan fingerprint density at radius 3 is 2.58 bits per heavy atom. The maximum Gasteiger partial charge on any atom is 0.416 e. The van der Waals surface area contributed by atoms with Gasteiger partial charge in [-0.25, -0.2) is 0 Å². The summed E-state index contributed by atoms with van der Waals surface area (Å²) >= 11 is 1.52. The molecule has 0 bridgehead atoms. The fourth-order valence-corrected chi connectivity index (χ4v) is 6.50. The van der Waals surface area contributed by atoms with Gasteiger partial charge in [-0.1, -0.05) is 25.8 Å². The molecule has 0 N–H and O–H groups in total. The highest BCUT2D eigenvalue weighted by molar-refractivity contribution is 7.99. The highest BCUT2D eigenvalue weighted by Gasteiger charge is 2.35. The molecule has 24 heavy (non-hydrogen) atoms. The molecule has 6 heteroatoms. The second-order valence-electron chi connectivity index (χ2n) is 7.28. The van der Waals surface area contributed by atoms with E-state index in [0.29, 0.717) is 16.9 Å². The molecule has 0 saturated heterocycles.